The number of hydrogen-bond acceptors (Lipinski definition) is 2. The van der Waals surface area contributed by atoms with Crippen molar-refractivity contribution in [3.63, 3.8) is 0 Å². The molecular formula is C6H6BNO. The molecule has 9 heavy (non-hydrogen) atoms. The van der Waals surface area contributed by atoms with Crippen LogP contribution in [0.2, 0.25) is 0 Å². The van der Waals surface area contributed by atoms with Gasteiger partial charge in [-0.2, -0.15) is 0 Å². The van der Waals surface area contributed by atoms with Crippen LogP contribution in [0.15, 0.2) is 17.3 Å². The first kappa shape index (κ1) is 6.27. The van der Waals surface area contributed by atoms with Crippen LogP contribution in [-0.2, 0) is 4.79 Å². The van der Waals surface area contributed by atoms with Crippen LogP contribution >= 0.6 is 0 Å². The first-order chi connectivity index (χ1) is 4.34. The highest BCUT2D eigenvalue weighted by Crippen LogP contribution is 2.06. The molecular weight excluding hydrogens is 113 g/mol. The summed E-state index contributed by atoms with van der Waals surface area (Å²) in [6, 6.07) is 0. The summed E-state index contributed by atoms with van der Waals surface area (Å²) in [5, 5.41) is 0. The van der Waals surface area contributed by atoms with E-state index < -0.39 is 0 Å². The fourth-order valence-corrected chi connectivity index (χ4v) is 0.688. The molecule has 1 unspecified atom stereocenters. The van der Waals surface area contributed by atoms with E-state index in [1.165, 1.54) is 0 Å². The first-order valence-corrected chi connectivity index (χ1v) is 2.78. The normalized spacial score (nSPS) is 25.3. The van der Waals surface area contributed by atoms with Gasteiger partial charge in [-0.05, 0) is 12.0 Å². The predicted molar refractivity (Wildman–Crippen MR) is 36.5 cm³/mol. The molecule has 2 nitrogen and oxygen atoms in total. The van der Waals surface area contributed by atoms with E-state index in [2.05, 4.69) is 4.99 Å². The van der Waals surface area contributed by atoms with Crippen LogP contribution in [0, 0.1) is 5.92 Å². The lowest BCUT2D eigenvalue weighted by Gasteiger charge is -2.09. The maximum absolute atomic E-state index is 10.2. The van der Waals surface area contributed by atoms with Crippen molar-refractivity contribution in [2.24, 2.45) is 10.9 Å². The maximum Gasteiger partial charge on any atom is 0.136 e. The van der Waals surface area contributed by atoms with Gasteiger partial charge in [-0.1, -0.05) is 6.08 Å². The number of rotatable bonds is 1. The zero-order chi connectivity index (χ0) is 6.69. The van der Waals surface area contributed by atoms with E-state index in [4.69, 9.17) is 7.85 Å². The van der Waals surface area contributed by atoms with Crippen LogP contribution < -0.4 is 0 Å². The average molecular weight is 119 g/mol. The van der Waals surface area contributed by atoms with Crippen molar-refractivity contribution < 1.29 is 4.79 Å². The fraction of sp³-hybridized carbons (Fsp3) is 0.333. The Morgan fingerprint density at radius 2 is 2.67 bits per heavy atom. The van der Waals surface area contributed by atoms with Crippen LogP contribution in [0.25, 0.3) is 0 Å². The first-order valence-electron chi connectivity index (χ1n) is 2.78. The van der Waals surface area contributed by atoms with Gasteiger partial charge in [0.15, 0.2) is 0 Å². The molecule has 1 atom stereocenters. The van der Waals surface area contributed by atoms with Crippen LogP contribution in [0.5, 0.6) is 0 Å². The van der Waals surface area contributed by atoms with Gasteiger partial charge in [0.05, 0.1) is 0 Å². The monoisotopic (exact) mass is 119 g/mol. The van der Waals surface area contributed by atoms with E-state index in [1.54, 1.807) is 6.20 Å². The summed E-state index contributed by atoms with van der Waals surface area (Å²) >= 11 is 0. The van der Waals surface area contributed by atoms with E-state index in [-0.39, 0.29) is 5.92 Å². The van der Waals surface area contributed by atoms with E-state index in [0.29, 0.717) is 12.0 Å². The zero-order valence-electron chi connectivity index (χ0n) is 4.95. The second-order valence-corrected chi connectivity index (χ2v) is 1.92. The van der Waals surface area contributed by atoms with Gasteiger partial charge in [0.1, 0.15) is 14.1 Å². The molecule has 0 bridgehead atoms. The number of allylic oxidation sites excluding steroid dienone is 1. The van der Waals surface area contributed by atoms with E-state index in [1.807, 2.05) is 6.08 Å². The van der Waals surface area contributed by atoms with Gasteiger partial charge in [-0.25, -0.2) is 0 Å². The lowest BCUT2D eigenvalue weighted by atomic mass is 9.85. The van der Waals surface area contributed by atoms with Crippen LogP contribution in [0.3, 0.4) is 0 Å². The Balaban J connectivity index is 2.69. The SMILES string of the molecule is [B]C1=NC=CCC1C=O. The minimum Gasteiger partial charge on any atom is -0.303 e. The molecule has 0 amide bonds. The standard InChI is InChI=1S/C6H6BNO/c7-6-5(4-9)2-1-3-8-6/h1,3-5H,2H2. The van der Waals surface area contributed by atoms with E-state index in [0.717, 1.165) is 6.29 Å². The highest BCUT2D eigenvalue weighted by Gasteiger charge is 2.09. The Morgan fingerprint density at radius 3 is 3.11 bits per heavy atom. The second-order valence-electron chi connectivity index (χ2n) is 1.92. The molecule has 0 saturated carbocycles. The molecule has 0 N–H and O–H groups in total. The summed E-state index contributed by atoms with van der Waals surface area (Å²) in [6.45, 7) is 0. The lowest BCUT2D eigenvalue weighted by Crippen LogP contribution is -2.16. The van der Waals surface area contributed by atoms with Crippen molar-refractivity contribution in [3.05, 3.63) is 12.3 Å². The molecule has 1 rings (SSSR count). The summed E-state index contributed by atoms with van der Waals surface area (Å²) in [7, 11) is 5.36. The van der Waals surface area contributed by atoms with Crippen LogP contribution in [0.4, 0.5) is 0 Å². The third-order valence-corrected chi connectivity index (χ3v) is 1.26. The summed E-state index contributed by atoms with van der Waals surface area (Å²) in [4.78, 5) is 13.9. The Labute approximate surface area is 55.1 Å². The molecule has 3 heteroatoms. The topological polar surface area (TPSA) is 29.4 Å². The third kappa shape index (κ3) is 1.28. The van der Waals surface area contributed by atoms with Gasteiger partial charge in [0.25, 0.3) is 0 Å². The van der Waals surface area contributed by atoms with Gasteiger partial charge in [0, 0.05) is 12.1 Å². The molecule has 0 fully saturated rings. The van der Waals surface area contributed by atoms with Crippen molar-refractivity contribution in [3.8, 4) is 0 Å². The quantitative estimate of drug-likeness (QED) is 0.360. The Hall–Kier alpha value is -0.855. The smallest absolute Gasteiger partial charge is 0.136 e. The maximum atomic E-state index is 10.2. The number of carbonyl (C=O) groups excluding carboxylic acids is 1. The average Bonchev–Trinajstić information content (AvgIpc) is 1.89. The van der Waals surface area contributed by atoms with Crippen molar-refractivity contribution >= 4 is 19.7 Å². The predicted octanol–water partition coefficient (Wildman–Crippen LogP) is 0.286. The van der Waals surface area contributed by atoms with Crippen molar-refractivity contribution in [2.45, 2.75) is 6.42 Å². The van der Waals surface area contributed by atoms with Crippen LogP contribution in [-0.4, -0.2) is 19.7 Å². The van der Waals surface area contributed by atoms with Gasteiger partial charge >= 0.3 is 0 Å². The summed E-state index contributed by atoms with van der Waals surface area (Å²) < 4.78 is 0. The minimum absolute atomic E-state index is 0.185. The second kappa shape index (κ2) is 2.62. The van der Waals surface area contributed by atoms with Crippen LogP contribution in [0.1, 0.15) is 6.42 Å². The molecule has 1 aliphatic heterocycles. The van der Waals surface area contributed by atoms with Gasteiger partial charge in [-0.3, -0.25) is 4.99 Å². The molecule has 1 heterocycles. The molecule has 0 aromatic carbocycles. The zero-order valence-corrected chi connectivity index (χ0v) is 4.95. The molecule has 2 radical (unpaired) electrons. The number of carbonyl (C=O) groups is 1. The molecule has 0 spiro atoms. The lowest BCUT2D eigenvalue weighted by molar-refractivity contribution is -0.109. The largest absolute Gasteiger partial charge is 0.303 e. The highest BCUT2D eigenvalue weighted by molar-refractivity contribution is 6.61. The number of hydrogen-bond donors (Lipinski definition) is 0. The van der Waals surface area contributed by atoms with Crippen molar-refractivity contribution in [2.75, 3.05) is 0 Å². The molecule has 44 valence electrons. The molecule has 0 aliphatic carbocycles. The Morgan fingerprint density at radius 1 is 1.89 bits per heavy atom. The Bertz CT molecular complexity index is 174. The third-order valence-electron chi connectivity index (χ3n) is 1.26. The molecule has 0 saturated heterocycles. The summed E-state index contributed by atoms with van der Waals surface area (Å²) in [5.74, 6) is -0.185. The van der Waals surface area contributed by atoms with E-state index in [9.17, 15) is 4.79 Å². The number of nitrogens with zero attached hydrogens (tertiary/aromatic N) is 1. The Kier molecular flexibility index (Phi) is 1.83. The number of aldehydes is 1. The molecule has 0 aromatic heterocycles. The number of aliphatic imine (C=N–C) groups is 1. The van der Waals surface area contributed by atoms with Crippen molar-refractivity contribution in [1.29, 1.82) is 0 Å². The van der Waals surface area contributed by atoms with Crippen molar-refractivity contribution in [1.82, 2.24) is 0 Å². The molecule has 0 aromatic rings. The van der Waals surface area contributed by atoms with Gasteiger partial charge in [0.2, 0.25) is 0 Å². The van der Waals surface area contributed by atoms with Gasteiger partial charge < -0.3 is 4.79 Å². The highest BCUT2D eigenvalue weighted by atomic mass is 16.1. The van der Waals surface area contributed by atoms with Gasteiger partial charge in [-0.15, -0.1) is 0 Å². The summed E-state index contributed by atoms with van der Waals surface area (Å²) in [6.07, 6.45) is 4.96. The molecule has 1 aliphatic rings. The van der Waals surface area contributed by atoms with E-state index >= 15 is 0 Å². The fourth-order valence-electron chi connectivity index (χ4n) is 0.688. The minimum atomic E-state index is -0.185. The summed E-state index contributed by atoms with van der Waals surface area (Å²) in [5.41, 5.74) is 0.424.